The van der Waals surface area contributed by atoms with E-state index in [1.54, 1.807) is 27.9 Å². The minimum atomic E-state index is -1.10. The lowest BCUT2D eigenvalue weighted by Crippen LogP contribution is -2.44. The molecule has 118 valence electrons. The Bertz CT molecular complexity index is 313. The molecule has 20 heavy (non-hydrogen) atoms. The van der Waals surface area contributed by atoms with E-state index in [4.69, 9.17) is 9.47 Å². The van der Waals surface area contributed by atoms with Crippen molar-refractivity contribution in [2.24, 2.45) is 11.3 Å². The summed E-state index contributed by atoms with van der Waals surface area (Å²) in [5.41, 5.74) is -1.10. The highest BCUT2D eigenvalue weighted by Gasteiger charge is 2.37. The Labute approximate surface area is 122 Å². The number of methoxy groups -OCH3 is 1. The highest BCUT2D eigenvalue weighted by atomic mass is 16.5. The highest BCUT2D eigenvalue weighted by molar-refractivity contribution is 6.03. The van der Waals surface area contributed by atoms with Crippen LogP contribution in [0.4, 0.5) is 0 Å². The van der Waals surface area contributed by atoms with Crippen LogP contribution in [0.1, 0.15) is 34.6 Å². The maximum atomic E-state index is 12.4. The number of Topliss-reactive ketones (excluding diaryl/α,β-unsaturated/α-hetero) is 1. The van der Waals surface area contributed by atoms with Crippen molar-refractivity contribution < 1.29 is 19.1 Å². The molecule has 0 atom stereocenters. The molecule has 0 bridgehead atoms. The second kappa shape index (κ2) is 9.08. The fourth-order valence-corrected chi connectivity index (χ4v) is 1.80. The SMILES string of the molecule is CCOC(=O)C(C)(C)C(=O)CN(CCOC)CC(C)C. The van der Waals surface area contributed by atoms with Crippen molar-refractivity contribution in [3.8, 4) is 0 Å². The number of carbonyl (C=O) groups is 2. The molecule has 0 spiro atoms. The Morgan fingerprint density at radius 2 is 1.85 bits per heavy atom. The Morgan fingerprint density at radius 3 is 2.30 bits per heavy atom. The van der Waals surface area contributed by atoms with Gasteiger partial charge in [0.05, 0.1) is 19.8 Å². The number of hydrogen-bond donors (Lipinski definition) is 0. The smallest absolute Gasteiger partial charge is 0.319 e. The summed E-state index contributed by atoms with van der Waals surface area (Å²) in [7, 11) is 1.64. The van der Waals surface area contributed by atoms with Crippen LogP contribution in [0.5, 0.6) is 0 Å². The van der Waals surface area contributed by atoms with Gasteiger partial charge in [0.25, 0.3) is 0 Å². The van der Waals surface area contributed by atoms with Crippen LogP contribution in [-0.2, 0) is 19.1 Å². The Morgan fingerprint density at radius 1 is 1.25 bits per heavy atom. The third-order valence-corrected chi connectivity index (χ3v) is 3.09. The number of nitrogens with zero attached hydrogens (tertiary/aromatic N) is 1. The summed E-state index contributed by atoms with van der Waals surface area (Å²) in [5, 5.41) is 0. The minimum absolute atomic E-state index is 0.118. The molecule has 0 radical (unpaired) electrons. The van der Waals surface area contributed by atoms with E-state index in [2.05, 4.69) is 13.8 Å². The monoisotopic (exact) mass is 287 g/mol. The molecular weight excluding hydrogens is 258 g/mol. The molecule has 0 aromatic carbocycles. The number of ether oxygens (including phenoxy) is 2. The second-order valence-corrected chi connectivity index (χ2v) is 5.89. The molecule has 0 aromatic rings. The first-order chi connectivity index (χ1) is 9.25. The van der Waals surface area contributed by atoms with Gasteiger partial charge in [0.2, 0.25) is 0 Å². The lowest BCUT2D eigenvalue weighted by atomic mass is 9.87. The van der Waals surface area contributed by atoms with E-state index in [-0.39, 0.29) is 18.9 Å². The molecule has 0 amide bonds. The van der Waals surface area contributed by atoms with Gasteiger partial charge in [-0.3, -0.25) is 14.5 Å². The van der Waals surface area contributed by atoms with E-state index in [0.717, 1.165) is 6.54 Å². The van der Waals surface area contributed by atoms with E-state index < -0.39 is 11.4 Å². The third kappa shape index (κ3) is 6.48. The van der Waals surface area contributed by atoms with Crippen LogP contribution in [0.25, 0.3) is 0 Å². The largest absolute Gasteiger partial charge is 0.465 e. The quantitative estimate of drug-likeness (QED) is 0.452. The number of rotatable bonds is 10. The molecule has 0 saturated carbocycles. The van der Waals surface area contributed by atoms with Gasteiger partial charge in [0, 0.05) is 20.2 Å². The average Bonchev–Trinajstić information content (AvgIpc) is 2.35. The fraction of sp³-hybridized carbons (Fsp3) is 0.867. The van der Waals surface area contributed by atoms with E-state index in [1.807, 2.05) is 4.90 Å². The van der Waals surface area contributed by atoms with Gasteiger partial charge >= 0.3 is 5.97 Å². The minimum Gasteiger partial charge on any atom is -0.465 e. The molecule has 0 saturated heterocycles. The maximum absolute atomic E-state index is 12.4. The molecule has 0 N–H and O–H groups in total. The number of carbonyl (C=O) groups excluding carboxylic acids is 2. The van der Waals surface area contributed by atoms with Crippen molar-refractivity contribution in [2.45, 2.75) is 34.6 Å². The van der Waals surface area contributed by atoms with Gasteiger partial charge in [0.1, 0.15) is 5.41 Å². The average molecular weight is 287 g/mol. The van der Waals surface area contributed by atoms with Gasteiger partial charge in [-0.25, -0.2) is 0 Å². The van der Waals surface area contributed by atoms with E-state index >= 15 is 0 Å². The fourth-order valence-electron chi connectivity index (χ4n) is 1.80. The Balaban J connectivity index is 4.67. The lowest BCUT2D eigenvalue weighted by molar-refractivity contribution is -0.158. The van der Waals surface area contributed by atoms with Crippen LogP contribution in [0.15, 0.2) is 0 Å². The maximum Gasteiger partial charge on any atom is 0.319 e. The molecule has 0 aliphatic carbocycles. The summed E-state index contributed by atoms with van der Waals surface area (Å²) in [6, 6.07) is 0. The van der Waals surface area contributed by atoms with Gasteiger partial charge in [-0.1, -0.05) is 13.8 Å². The van der Waals surface area contributed by atoms with Crippen LogP contribution >= 0.6 is 0 Å². The predicted octanol–water partition coefficient (Wildman–Crippen LogP) is 1.75. The van der Waals surface area contributed by atoms with Crippen molar-refractivity contribution in [2.75, 3.05) is 40.0 Å². The van der Waals surface area contributed by atoms with Crippen molar-refractivity contribution in [3.63, 3.8) is 0 Å². The van der Waals surface area contributed by atoms with Gasteiger partial charge in [0.15, 0.2) is 5.78 Å². The standard InChI is InChI=1S/C15H29NO4/c1-7-20-14(18)15(4,5)13(17)11-16(8-9-19-6)10-12(2)3/h12H,7-11H2,1-6H3. The number of ketones is 1. The predicted molar refractivity (Wildman–Crippen MR) is 78.6 cm³/mol. The topological polar surface area (TPSA) is 55.8 Å². The van der Waals surface area contributed by atoms with Gasteiger partial charge < -0.3 is 9.47 Å². The first-order valence-electron chi connectivity index (χ1n) is 7.17. The van der Waals surface area contributed by atoms with E-state index in [0.29, 0.717) is 19.1 Å². The van der Waals surface area contributed by atoms with Crippen LogP contribution in [0.3, 0.4) is 0 Å². The molecular formula is C15H29NO4. The number of hydrogen-bond acceptors (Lipinski definition) is 5. The van der Waals surface area contributed by atoms with Crippen LogP contribution in [0, 0.1) is 11.3 Å². The van der Waals surface area contributed by atoms with Gasteiger partial charge in [-0.15, -0.1) is 0 Å². The lowest BCUT2D eigenvalue weighted by Gasteiger charge is -2.27. The van der Waals surface area contributed by atoms with Crippen LogP contribution in [-0.4, -0.2) is 56.6 Å². The molecule has 5 heteroatoms. The summed E-state index contributed by atoms with van der Waals surface area (Å²) in [5.74, 6) is -0.126. The summed E-state index contributed by atoms with van der Waals surface area (Å²) in [6.07, 6.45) is 0. The summed E-state index contributed by atoms with van der Waals surface area (Å²) >= 11 is 0. The first-order valence-corrected chi connectivity index (χ1v) is 7.17. The molecule has 0 aromatic heterocycles. The van der Waals surface area contributed by atoms with Gasteiger partial charge in [-0.2, -0.15) is 0 Å². The molecule has 0 fully saturated rings. The van der Waals surface area contributed by atoms with E-state index in [9.17, 15) is 9.59 Å². The van der Waals surface area contributed by atoms with Crippen molar-refractivity contribution in [3.05, 3.63) is 0 Å². The second-order valence-electron chi connectivity index (χ2n) is 5.89. The molecule has 0 aliphatic rings. The highest BCUT2D eigenvalue weighted by Crippen LogP contribution is 2.20. The normalized spacial score (nSPS) is 12.0. The van der Waals surface area contributed by atoms with Crippen LogP contribution < -0.4 is 0 Å². The zero-order valence-corrected chi connectivity index (χ0v) is 13.7. The Kier molecular flexibility index (Phi) is 8.65. The zero-order valence-electron chi connectivity index (χ0n) is 13.7. The van der Waals surface area contributed by atoms with Crippen LogP contribution in [0.2, 0.25) is 0 Å². The van der Waals surface area contributed by atoms with Crippen molar-refractivity contribution in [1.29, 1.82) is 0 Å². The van der Waals surface area contributed by atoms with Gasteiger partial charge in [-0.05, 0) is 26.7 Å². The molecule has 0 unspecified atom stereocenters. The third-order valence-electron chi connectivity index (χ3n) is 3.09. The summed E-state index contributed by atoms with van der Waals surface area (Å²) in [4.78, 5) is 26.2. The Hall–Kier alpha value is -0.940. The molecule has 0 heterocycles. The molecule has 0 rings (SSSR count). The first kappa shape index (κ1) is 19.1. The summed E-state index contributed by atoms with van der Waals surface area (Å²) in [6.45, 7) is 11.8. The van der Waals surface area contributed by atoms with Crippen molar-refractivity contribution in [1.82, 2.24) is 4.90 Å². The van der Waals surface area contributed by atoms with E-state index in [1.165, 1.54) is 0 Å². The molecule has 0 aliphatic heterocycles. The number of esters is 1. The molecule has 5 nitrogen and oxygen atoms in total. The van der Waals surface area contributed by atoms with Crippen molar-refractivity contribution >= 4 is 11.8 Å². The zero-order chi connectivity index (χ0) is 15.8. The summed E-state index contributed by atoms with van der Waals surface area (Å²) < 4.78 is 10.0.